The van der Waals surface area contributed by atoms with Gasteiger partial charge in [0.05, 0.1) is 17.8 Å². The number of carbonyl (C=O) groups excluding carboxylic acids is 1. The summed E-state index contributed by atoms with van der Waals surface area (Å²) in [5.41, 5.74) is 1.00. The number of rotatable bonds is 7. The molecule has 2 heterocycles. The first-order chi connectivity index (χ1) is 14.6. The van der Waals surface area contributed by atoms with Crippen LogP contribution < -0.4 is 10.6 Å². The van der Waals surface area contributed by atoms with Gasteiger partial charge < -0.3 is 15.7 Å². The molecule has 158 valence electrons. The third kappa shape index (κ3) is 4.76. The van der Waals surface area contributed by atoms with Crippen molar-refractivity contribution in [3.05, 3.63) is 42.7 Å². The number of hydrogen-bond donors (Lipinski definition) is 3. The van der Waals surface area contributed by atoms with Gasteiger partial charge in [-0.15, -0.1) is 0 Å². The monoisotopic (exact) mass is 408 g/mol. The van der Waals surface area contributed by atoms with E-state index in [0.717, 1.165) is 42.4 Å². The predicted molar refractivity (Wildman–Crippen MR) is 115 cm³/mol. The number of carbonyl (C=O) groups is 1. The highest BCUT2D eigenvalue weighted by Crippen LogP contribution is 2.26. The van der Waals surface area contributed by atoms with Gasteiger partial charge >= 0.3 is 0 Å². The lowest BCUT2D eigenvalue weighted by atomic mass is 9.85. The van der Waals surface area contributed by atoms with Crippen molar-refractivity contribution in [3.63, 3.8) is 0 Å². The lowest BCUT2D eigenvalue weighted by Crippen LogP contribution is -2.37. The third-order valence-corrected chi connectivity index (χ3v) is 5.63. The Morgan fingerprint density at radius 3 is 2.83 bits per heavy atom. The van der Waals surface area contributed by atoms with Crippen molar-refractivity contribution >= 4 is 22.8 Å². The molecule has 1 unspecified atom stereocenters. The van der Waals surface area contributed by atoms with Crippen LogP contribution in [0.2, 0.25) is 0 Å². The van der Waals surface area contributed by atoms with Crippen LogP contribution in [-0.4, -0.2) is 49.5 Å². The molecular weight excluding hydrogens is 380 g/mol. The summed E-state index contributed by atoms with van der Waals surface area (Å²) in [5, 5.41) is 21.2. The quantitative estimate of drug-likeness (QED) is 0.555. The normalized spacial score (nSPS) is 20.1. The van der Waals surface area contributed by atoms with Crippen LogP contribution in [0, 0.1) is 5.92 Å². The standard InChI is InChI=1S/C22H28N6O2/c1-15(29)10-12-23-21(30)16-6-8-18(9-7-16)26-22-24-13-11-20(27-22)28-19-5-3-2-4-17(19)14-25-28/h2-5,11,13-16,18,29H,6-10,12H2,1H3,(H,23,30)(H,24,26,27). The van der Waals surface area contributed by atoms with Gasteiger partial charge in [0.2, 0.25) is 11.9 Å². The van der Waals surface area contributed by atoms with Gasteiger partial charge in [-0.1, -0.05) is 18.2 Å². The zero-order chi connectivity index (χ0) is 20.9. The average Bonchev–Trinajstić information content (AvgIpc) is 3.18. The molecule has 0 aliphatic heterocycles. The summed E-state index contributed by atoms with van der Waals surface area (Å²) in [5.74, 6) is 1.44. The molecule has 0 spiro atoms. The van der Waals surface area contributed by atoms with Crippen LogP contribution in [0.5, 0.6) is 0 Å². The average molecular weight is 409 g/mol. The Kier molecular flexibility index (Phi) is 6.23. The second-order valence-electron chi connectivity index (χ2n) is 7.98. The molecule has 3 N–H and O–H groups in total. The van der Waals surface area contributed by atoms with Gasteiger partial charge in [0.15, 0.2) is 5.82 Å². The zero-order valence-corrected chi connectivity index (χ0v) is 17.2. The summed E-state index contributed by atoms with van der Waals surface area (Å²) in [7, 11) is 0. The Bertz CT molecular complexity index is 994. The number of aliphatic hydroxyl groups is 1. The highest BCUT2D eigenvalue weighted by atomic mass is 16.3. The molecule has 1 aromatic carbocycles. The number of fused-ring (bicyclic) bond motifs is 1. The smallest absolute Gasteiger partial charge is 0.224 e. The van der Waals surface area contributed by atoms with Crippen LogP contribution in [0.25, 0.3) is 16.7 Å². The van der Waals surface area contributed by atoms with Crippen LogP contribution >= 0.6 is 0 Å². The molecule has 8 nitrogen and oxygen atoms in total. The van der Waals surface area contributed by atoms with E-state index in [4.69, 9.17) is 0 Å². The van der Waals surface area contributed by atoms with Gasteiger partial charge in [-0.2, -0.15) is 10.1 Å². The van der Waals surface area contributed by atoms with Crippen molar-refractivity contribution in [2.45, 2.75) is 51.2 Å². The molecule has 0 saturated heterocycles. The van der Waals surface area contributed by atoms with Crippen molar-refractivity contribution in [2.75, 3.05) is 11.9 Å². The lowest BCUT2D eigenvalue weighted by Gasteiger charge is -2.28. The van der Waals surface area contributed by atoms with Gasteiger partial charge in [0, 0.05) is 36.2 Å². The molecule has 1 aliphatic carbocycles. The number of nitrogens with one attached hydrogen (secondary N) is 2. The minimum Gasteiger partial charge on any atom is -0.393 e. The van der Waals surface area contributed by atoms with E-state index in [9.17, 15) is 9.90 Å². The van der Waals surface area contributed by atoms with E-state index in [2.05, 4.69) is 25.7 Å². The van der Waals surface area contributed by atoms with Crippen molar-refractivity contribution < 1.29 is 9.90 Å². The minimum atomic E-state index is -0.388. The molecular formula is C22H28N6O2. The molecule has 3 aromatic rings. The first-order valence-electron chi connectivity index (χ1n) is 10.6. The Hall–Kier alpha value is -3.00. The number of hydrogen-bond acceptors (Lipinski definition) is 6. The van der Waals surface area contributed by atoms with E-state index >= 15 is 0 Å². The van der Waals surface area contributed by atoms with Gasteiger partial charge in [-0.25, -0.2) is 9.67 Å². The molecule has 1 atom stereocenters. The summed E-state index contributed by atoms with van der Waals surface area (Å²) in [4.78, 5) is 21.3. The predicted octanol–water partition coefficient (Wildman–Crippen LogP) is 2.67. The number of aromatic nitrogens is 4. The summed E-state index contributed by atoms with van der Waals surface area (Å²) < 4.78 is 1.82. The fraction of sp³-hybridized carbons (Fsp3) is 0.455. The van der Waals surface area contributed by atoms with E-state index in [0.29, 0.717) is 18.9 Å². The second kappa shape index (κ2) is 9.21. The second-order valence-corrected chi connectivity index (χ2v) is 7.98. The molecule has 8 heteroatoms. The lowest BCUT2D eigenvalue weighted by molar-refractivity contribution is -0.126. The van der Waals surface area contributed by atoms with Gasteiger partial charge in [0.1, 0.15) is 0 Å². The fourth-order valence-electron chi connectivity index (χ4n) is 3.92. The minimum absolute atomic E-state index is 0.0414. The van der Waals surface area contributed by atoms with Crippen molar-refractivity contribution in [1.82, 2.24) is 25.1 Å². The van der Waals surface area contributed by atoms with Gasteiger partial charge in [-0.05, 0) is 45.1 Å². The van der Waals surface area contributed by atoms with E-state index in [1.54, 1.807) is 13.1 Å². The fourth-order valence-corrected chi connectivity index (χ4v) is 3.92. The van der Waals surface area contributed by atoms with E-state index in [-0.39, 0.29) is 24.0 Å². The third-order valence-electron chi connectivity index (χ3n) is 5.63. The maximum Gasteiger partial charge on any atom is 0.224 e. The number of benzene rings is 1. The number of anilines is 1. The Labute approximate surface area is 175 Å². The molecule has 0 bridgehead atoms. The maximum atomic E-state index is 12.3. The van der Waals surface area contributed by atoms with Crippen LogP contribution in [-0.2, 0) is 4.79 Å². The van der Waals surface area contributed by atoms with Crippen LogP contribution in [0.4, 0.5) is 5.95 Å². The first kappa shape index (κ1) is 20.3. The van der Waals surface area contributed by atoms with Crippen LogP contribution in [0.3, 0.4) is 0 Å². The van der Waals surface area contributed by atoms with Crippen molar-refractivity contribution in [3.8, 4) is 5.82 Å². The molecule has 1 saturated carbocycles. The number of amides is 1. The summed E-state index contributed by atoms with van der Waals surface area (Å²) in [6, 6.07) is 10.1. The summed E-state index contributed by atoms with van der Waals surface area (Å²) in [6.07, 6.45) is 7.23. The highest BCUT2D eigenvalue weighted by molar-refractivity contribution is 5.80. The Morgan fingerprint density at radius 2 is 2.03 bits per heavy atom. The number of nitrogens with zero attached hydrogens (tertiary/aromatic N) is 4. The Morgan fingerprint density at radius 1 is 1.23 bits per heavy atom. The molecule has 30 heavy (non-hydrogen) atoms. The highest BCUT2D eigenvalue weighted by Gasteiger charge is 2.26. The number of aliphatic hydroxyl groups excluding tert-OH is 1. The van der Waals surface area contributed by atoms with Crippen molar-refractivity contribution in [2.24, 2.45) is 5.92 Å². The molecule has 1 aliphatic rings. The SMILES string of the molecule is CC(O)CCNC(=O)C1CCC(Nc2nccc(-n3ncc4ccccc43)n2)CC1. The van der Waals surface area contributed by atoms with E-state index in [1.165, 1.54) is 0 Å². The first-order valence-corrected chi connectivity index (χ1v) is 10.6. The Balaban J connectivity index is 1.34. The summed E-state index contributed by atoms with van der Waals surface area (Å²) in [6.45, 7) is 2.26. The van der Waals surface area contributed by atoms with Crippen LogP contribution in [0.15, 0.2) is 42.7 Å². The zero-order valence-electron chi connectivity index (χ0n) is 17.2. The van der Waals surface area contributed by atoms with Gasteiger partial charge in [-0.3, -0.25) is 4.79 Å². The van der Waals surface area contributed by atoms with Gasteiger partial charge in [0.25, 0.3) is 0 Å². The topological polar surface area (TPSA) is 105 Å². The molecule has 1 fully saturated rings. The number of para-hydroxylation sites is 1. The maximum absolute atomic E-state index is 12.3. The van der Waals surface area contributed by atoms with Crippen LogP contribution in [0.1, 0.15) is 39.0 Å². The molecule has 2 aromatic heterocycles. The summed E-state index contributed by atoms with van der Waals surface area (Å²) >= 11 is 0. The molecule has 0 radical (unpaired) electrons. The molecule has 1 amide bonds. The van der Waals surface area contributed by atoms with E-state index < -0.39 is 0 Å². The van der Waals surface area contributed by atoms with Crippen molar-refractivity contribution in [1.29, 1.82) is 0 Å². The largest absolute Gasteiger partial charge is 0.393 e. The van der Waals surface area contributed by atoms with E-state index in [1.807, 2.05) is 41.2 Å². The molecule has 4 rings (SSSR count).